The molecule has 1 aromatic heterocycles. The molecule has 180 valence electrons. The van der Waals surface area contributed by atoms with Gasteiger partial charge in [-0.1, -0.05) is 11.6 Å². The maximum atomic E-state index is 14.5. The van der Waals surface area contributed by atoms with Gasteiger partial charge in [0.1, 0.15) is 0 Å². The Morgan fingerprint density at radius 3 is 2.70 bits per heavy atom. The van der Waals surface area contributed by atoms with Gasteiger partial charge in [0.05, 0.1) is 28.4 Å². The number of aromatic nitrogens is 2. The Hall–Kier alpha value is -2.70. The lowest BCUT2D eigenvalue weighted by Crippen LogP contribution is -2.45. The van der Waals surface area contributed by atoms with Gasteiger partial charge in [-0.2, -0.15) is 0 Å². The van der Waals surface area contributed by atoms with E-state index in [2.05, 4.69) is 10.3 Å². The summed E-state index contributed by atoms with van der Waals surface area (Å²) in [5, 5.41) is 2.47. The van der Waals surface area contributed by atoms with E-state index in [-0.39, 0.29) is 35.3 Å². The van der Waals surface area contributed by atoms with E-state index in [1.54, 1.807) is 22.7 Å². The molecule has 1 unspecified atom stereocenters. The average molecular weight is 501 g/mol. The third-order valence-corrected chi connectivity index (χ3v) is 6.63. The molecule has 1 atom stereocenters. The van der Waals surface area contributed by atoms with Gasteiger partial charge in [-0.05, 0) is 38.3 Å². The van der Waals surface area contributed by atoms with E-state index in [0.717, 1.165) is 0 Å². The highest BCUT2D eigenvalue weighted by molar-refractivity contribution is 7.89. The SMILES string of the molecule is CC(C)NC(=O)N1CCC(CS(=O)(=O)NNC(=O)c2cc(-c3cn(C)cn3)cc(Cl)c2F)C1. The number of amides is 3. The fraction of sp³-hybridized carbons (Fsp3) is 0.450. The van der Waals surface area contributed by atoms with Crippen molar-refractivity contribution in [3.63, 3.8) is 0 Å². The van der Waals surface area contributed by atoms with Crippen LogP contribution in [0.15, 0.2) is 24.7 Å². The van der Waals surface area contributed by atoms with Crippen LogP contribution in [0.5, 0.6) is 0 Å². The van der Waals surface area contributed by atoms with Crippen LogP contribution in [0.1, 0.15) is 30.6 Å². The number of rotatable bonds is 7. The second-order valence-corrected chi connectivity index (χ2v) is 10.5. The summed E-state index contributed by atoms with van der Waals surface area (Å²) in [5.41, 5.74) is 2.48. The van der Waals surface area contributed by atoms with Crippen molar-refractivity contribution in [3.8, 4) is 11.3 Å². The van der Waals surface area contributed by atoms with Crippen molar-refractivity contribution in [1.29, 1.82) is 0 Å². The molecule has 3 N–H and O–H groups in total. The first-order valence-electron chi connectivity index (χ1n) is 10.3. The summed E-state index contributed by atoms with van der Waals surface area (Å²) in [7, 11) is -2.18. The number of nitrogens with one attached hydrogen (secondary N) is 3. The normalized spacial score (nSPS) is 16.3. The molecule has 1 fully saturated rings. The summed E-state index contributed by atoms with van der Waals surface area (Å²) in [6.45, 7) is 4.40. The molecule has 1 saturated heterocycles. The predicted octanol–water partition coefficient (Wildman–Crippen LogP) is 1.88. The quantitative estimate of drug-likeness (QED) is 0.500. The molecule has 33 heavy (non-hydrogen) atoms. The first-order chi connectivity index (χ1) is 15.4. The Bertz CT molecular complexity index is 1150. The van der Waals surface area contributed by atoms with E-state index in [1.165, 1.54) is 18.5 Å². The number of carbonyl (C=O) groups is 2. The Balaban J connectivity index is 1.62. The smallest absolute Gasteiger partial charge is 0.317 e. The largest absolute Gasteiger partial charge is 0.340 e. The van der Waals surface area contributed by atoms with Gasteiger partial charge in [-0.25, -0.2) is 22.6 Å². The molecule has 0 spiro atoms. The zero-order chi connectivity index (χ0) is 24.3. The minimum Gasteiger partial charge on any atom is -0.340 e. The number of nitrogens with zero attached hydrogens (tertiary/aromatic N) is 3. The first kappa shape index (κ1) is 24.9. The van der Waals surface area contributed by atoms with Crippen LogP contribution in [0.2, 0.25) is 5.02 Å². The number of halogens is 2. The molecule has 0 saturated carbocycles. The molecule has 3 amide bonds. The Morgan fingerprint density at radius 1 is 1.33 bits per heavy atom. The van der Waals surface area contributed by atoms with Crippen LogP contribution in [0.25, 0.3) is 11.3 Å². The van der Waals surface area contributed by atoms with Gasteiger partial charge in [0, 0.05) is 37.9 Å². The van der Waals surface area contributed by atoms with Gasteiger partial charge >= 0.3 is 6.03 Å². The van der Waals surface area contributed by atoms with Crippen molar-refractivity contribution in [3.05, 3.63) is 41.1 Å². The van der Waals surface area contributed by atoms with Crippen molar-refractivity contribution in [2.24, 2.45) is 13.0 Å². The fourth-order valence-corrected chi connectivity index (χ4v) is 4.94. The second kappa shape index (κ2) is 10.1. The fourth-order valence-electron chi connectivity index (χ4n) is 3.50. The summed E-state index contributed by atoms with van der Waals surface area (Å²) in [6.07, 6.45) is 3.72. The highest BCUT2D eigenvalue weighted by Crippen LogP contribution is 2.27. The third kappa shape index (κ3) is 6.42. The second-order valence-electron chi connectivity index (χ2n) is 8.29. The number of hydrogen-bond donors (Lipinski definition) is 3. The molecule has 2 aromatic rings. The van der Waals surface area contributed by atoms with Crippen molar-refractivity contribution in [2.75, 3.05) is 18.8 Å². The number of hydrazine groups is 1. The first-order valence-corrected chi connectivity index (χ1v) is 12.3. The predicted molar refractivity (Wildman–Crippen MR) is 121 cm³/mol. The van der Waals surface area contributed by atoms with Gasteiger partial charge in [0.2, 0.25) is 10.0 Å². The zero-order valence-electron chi connectivity index (χ0n) is 18.4. The zero-order valence-corrected chi connectivity index (χ0v) is 20.0. The molecule has 1 aliphatic rings. The van der Waals surface area contributed by atoms with Crippen LogP contribution in [0.4, 0.5) is 9.18 Å². The summed E-state index contributed by atoms with van der Waals surface area (Å²) in [4.78, 5) is 32.3. The molecule has 13 heteroatoms. The highest BCUT2D eigenvalue weighted by Gasteiger charge is 2.30. The topological polar surface area (TPSA) is 125 Å². The molecule has 1 aromatic carbocycles. The summed E-state index contributed by atoms with van der Waals surface area (Å²) in [5.74, 6) is -2.57. The minimum absolute atomic E-state index is 0.0257. The van der Waals surface area contributed by atoms with E-state index in [0.29, 0.717) is 24.2 Å². The molecule has 3 rings (SSSR count). The molecule has 2 heterocycles. The van der Waals surface area contributed by atoms with Crippen molar-refractivity contribution >= 4 is 33.6 Å². The number of urea groups is 1. The monoisotopic (exact) mass is 500 g/mol. The van der Waals surface area contributed by atoms with E-state index in [9.17, 15) is 22.4 Å². The maximum Gasteiger partial charge on any atom is 0.317 e. The minimum atomic E-state index is -3.93. The van der Waals surface area contributed by atoms with Crippen LogP contribution >= 0.6 is 11.6 Å². The molecule has 10 nitrogen and oxygen atoms in total. The van der Waals surface area contributed by atoms with Gasteiger partial charge < -0.3 is 14.8 Å². The van der Waals surface area contributed by atoms with Crippen LogP contribution in [0, 0.1) is 11.7 Å². The molecule has 0 bridgehead atoms. The van der Waals surface area contributed by atoms with Crippen LogP contribution in [-0.4, -0.2) is 59.7 Å². The summed E-state index contributed by atoms with van der Waals surface area (Å²) in [6, 6.07) is 2.31. The lowest BCUT2D eigenvalue weighted by atomic mass is 10.1. The van der Waals surface area contributed by atoms with Crippen molar-refractivity contribution < 1.29 is 22.4 Å². The van der Waals surface area contributed by atoms with Gasteiger partial charge in [0.15, 0.2) is 5.82 Å². The molecular weight excluding hydrogens is 475 g/mol. The Morgan fingerprint density at radius 2 is 2.06 bits per heavy atom. The summed E-state index contributed by atoms with van der Waals surface area (Å²) < 4.78 is 41.0. The van der Waals surface area contributed by atoms with E-state index >= 15 is 0 Å². The molecule has 1 aliphatic heterocycles. The van der Waals surface area contributed by atoms with Crippen molar-refractivity contribution in [2.45, 2.75) is 26.3 Å². The number of sulfonamides is 1. The van der Waals surface area contributed by atoms with E-state index in [4.69, 9.17) is 11.6 Å². The molecule has 0 aliphatic carbocycles. The number of benzene rings is 1. The average Bonchev–Trinajstić information content (AvgIpc) is 3.36. The number of aryl methyl sites for hydroxylation is 1. The standard InChI is InChI=1S/C20H26ClFN6O4S/c1-12(2)24-20(30)28-5-4-13(8-28)10-33(31,32)26-25-19(29)15-6-14(7-16(21)18(15)22)17-9-27(3)11-23-17/h6-7,9,11-13,26H,4-5,8,10H2,1-3H3,(H,24,30)(H,25,29). The van der Waals surface area contributed by atoms with E-state index < -0.39 is 27.3 Å². The van der Waals surface area contributed by atoms with Gasteiger partial charge in [-0.3, -0.25) is 10.2 Å². The number of hydrogen-bond acceptors (Lipinski definition) is 5. The van der Waals surface area contributed by atoms with E-state index in [1.807, 2.05) is 24.1 Å². The molecular formula is C20H26ClFN6O4S. The lowest BCUT2D eigenvalue weighted by molar-refractivity contribution is 0.0941. The van der Waals surface area contributed by atoms with Crippen molar-refractivity contribution in [1.82, 2.24) is 30.0 Å². The Kier molecular flexibility index (Phi) is 7.60. The number of likely N-dealkylation sites (tertiary alicyclic amines) is 1. The summed E-state index contributed by atoms with van der Waals surface area (Å²) >= 11 is 5.93. The van der Waals surface area contributed by atoms with Gasteiger partial charge in [-0.15, -0.1) is 4.83 Å². The Labute approximate surface area is 196 Å². The molecule has 0 radical (unpaired) electrons. The van der Waals surface area contributed by atoms with Crippen LogP contribution < -0.4 is 15.6 Å². The van der Waals surface area contributed by atoms with Crippen LogP contribution in [0.3, 0.4) is 0 Å². The lowest BCUT2D eigenvalue weighted by Gasteiger charge is -2.19. The van der Waals surface area contributed by atoms with Crippen LogP contribution in [-0.2, 0) is 17.1 Å². The number of carbonyl (C=O) groups excluding carboxylic acids is 2. The number of imidazole rings is 1. The maximum absolute atomic E-state index is 14.5. The third-order valence-electron chi connectivity index (χ3n) is 5.03. The van der Waals surface area contributed by atoms with Gasteiger partial charge in [0.25, 0.3) is 5.91 Å². The highest BCUT2D eigenvalue weighted by atomic mass is 35.5.